The molecule has 3 aromatic rings. The molecule has 7 nitrogen and oxygen atoms in total. The summed E-state index contributed by atoms with van der Waals surface area (Å²) < 4.78 is 23.8. The van der Waals surface area contributed by atoms with Crippen LogP contribution in [0.5, 0.6) is 5.75 Å². The molecule has 0 bridgehead atoms. The van der Waals surface area contributed by atoms with E-state index in [1.165, 1.54) is 26.2 Å². The van der Waals surface area contributed by atoms with Gasteiger partial charge in [-0.05, 0) is 36.8 Å². The second kappa shape index (κ2) is 8.44. The number of aromatic nitrogens is 2. The fourth-order valence-corrected chi connectivity index (χ4v) is 2.79. The van der Waals surface area contributed by atoms with Crippen molar-refractivity contribution in [1.29, 1.82) is 5.26 Å². The number of aromatic amines is 1. The number of rotatable bonds is 6. The van der Waals surface area contributed by atoms with Crippen molar-refractivity contribution in [3.05, 3.63) is 65.4 Å². The number of para-hydroxylation sites is 2. The zero-order valence-electron chi connectivity index (χ0n) is 15.8. The number of fused-ring (bicyclic) bond motifs is 1. The molecule has 0 radical (unpaired) electrons. The molecule has 2 aromatic carbocycles. The third kappa shape index (κ3) is 4.35. The molecule has 0 aliphatic heterocycles. The molecule has 0 saturated heterocycles. The summed E-state index contributed by atoms with van der Waals surface area (Å²) in [6.07, 6.45) is -1.29. The number of imidazole rings is 1. The predicted octanol–water partition coefficient (Wildman–Crippen LogP) is 3.68. The minimum Gasteiger partial charge on any atom is -0.507 e. The Balaban J connectivity index is 1.75. The zero-order valence-corrected chi connectivity index (χ0v) is 15.8. The van der Waals surface area contributed by atoms with E-state index in [0.29, 0.717) is 16.6 Å². The van der Waals surface area contributed by atoms with E-state index >= 15 is 0 Å². The lowest BCUT2D eigenvalue weighted by atomic mass is 10.1. The molecule has 3 rings (SSSR count). The number of allylic oxidation sites excluding steroid dienone is 1. The minimum absolute atomic E-state index is 0.0700. The van der Waals surface area contributed by atoms with Crippen LogP contribution in [0.4, 0.5) is 4.39 Å². The van der Waals surface area contributed by atoms with E-state index in [9.17, 15) is 19.6 Å². The highest BCUT2D eigenvalue weighted by molar-refractivity contribution is 5.83. The Hall–Kier alpha value is -3.86. The third-order valence-corrected chi connectivity index (χ3v) is 4.25. The Kier molecular flexibility index (Phi) is 5.79. The Morgan fingerprint density at radius 3 is 2.76 bits per heavy atom. The number of aliphatic hydroxyl groups excluding tert-OH is 1. The van der Waals surface area contributed by atoms with Gasteiger partial charge in [0.05, 0.1) is 24.6 Å². The van der Waals surface area contributed by atoms with Gasteiger partial charge in [-0.2, -0.15) is 5.26 Å². The maximum Gasteiger partial charge on any atom is 0.310 e. The molecule has 2 N–H and O–H groups in total. The molecule has 0 spiro atoms. The van der Waals surface area contributed by atoms with Crippen LogP contribution < -0.4 is 4.74 Å². The molecule has 0 unspecified atom stereocenters. The first-order chi connectivity index (χ1) is 13.9. The van der Waals surface area contributed by atoms with Crippen LogP contribution in [-0.4, -0.2) is 34.3 Å². The predicted molar refractivity (Wildman–Crippen MR) is 103 cm³/mol. The van der Waals surface area contributed by atoms with E-state index in [0.717, 1.165) is 0 Å². The van der Waals surface area contributed by atoms with Gasteiger partial charge in [0.2, 0.25) is 0 Å². The number of carbonyl (C=O) groups is 1. The molecular weight excluding hydrogens is 377 g/mol. The number of nitriles is 1. The first-order valence-corrected chi connectivity index (χ1v) is 8.73. The number of hydrogen-bond acceptors (Lipinski definition) is 6. The van der Waals surface area contributed by atoms with Crippen LogP contribution in [0, 0.1) is 17.1 Å². The number of H-pyrrole nitrogens is 1. The van der Waals surface area contributed by atoms with E-state index in [2.05, 4.69) is 9.97 Å². The maximum absolute atomic E-state index is 13.7. The summed E-state index contributed by atoms with van der Waals surface area (Å²) in [7, 11) is 1.35. The summed E-state index contributed by atoms with van der Waals surface area (Å²) in [4.78, 5) is 19.4. The van der Waals surface area contributed by atoms with Crippen molar-refractivity contribution >= 4 is 22.6 Å². The van der Waals surface area contributed by atoms with E-state index in [1.807, 2.05) is 12.1 Å². The summed E-state index contributed by atoms with van der Waals surface area (Å²) in [5.41, 5.74) is 1.60. The highest BCUT2D eigenvalue weighted by Gasteiger charge is 2.21. The fourth-order valence-electron chi connectivity index (χ4n) is 2.79. The lowest BCUT2D eigenvalue weighted by Crippen LogP contribution is -2.20. The van der Waals surface area contributed by atoms with Gasteiger partial charge in [0.15, 0.2) is 29.3 Å². The van der Waals surface area contributed by atoms with Crippen LogP contribution in [0.15, 0.2) is 48.2 Å². The van der Waals surface area contributed by atoms with Crippen LogP contribution in [0.3, 0.4) is 0 Å². The van der Waals surface area contributed by atoms with Gasteiger partial charge in [0, 0.05) is 0 Å². The van der Waals surface area contributed by atoms with Crippen molar-refractivity contribution in [2.24, 2.45) is 0 Å². The van der Waals surface area contributed by atoms with Crippen LogP contribution >= 0.6 is 0 Å². The molecule has 1 atom stereocenters. The Labute approximate surface area is 166 Å². The van der Waals surface area contributed by atoms with Crippen LogP contribution in [0.2, 0.25) is 0 Å². The SMILES string of the molecule is COc1ccc(CC(=O)O[C@H](C)/C(O)=C(\C#N)c2nc3ccccc3[nH]2)cc1F. The monoisotopic (exact) mass is 395 g/mol. The summed E-state index contributed by atoms with van der Waals surface area (Å²) in [6.45, 7) is 1.43. The standard InChI is InChI=1S/C21H18FN3O4/c1-12(29-19(26)10-13-7-8-18(28-2)15(22)9-13)20(27)14(11-23)21-24-16-5-3-4-6-17(16)25-21/h3-9,12,27H,10H2,1-2H3,(H,24,25)/b20-14-/t12-/m1/s1. The largest absolute Gasteiger partial charge is 0.507 e. The number of nitrogens with zero attached hydrogens (tertiary/aromatic N) is 2. The lowest BCUT2D eigenvalue weighted by molar-refractivity contribution is -0.146. The number of esters is 1. The Bertz CT molecular complexity index is 1100. The Morgan fingerprint density at radius 2 is 2.10 bits per heavy atom. The molecule has 0 fully saturated rings. The number of aliphatic hydroxyl groups is 1. The number of benzene rings is 2. The number of hydrogen-bond donors (Lipinski definition) is 2. The zero-order chi connectivity index (χ0) is 21.0. The van der Waals surface area contributed by atoms with Crippen LogP contribution in [0.1, 0.15) is 18.3 Å². The second-order valence-electron chi connectivity index (χ2n) is 6.25. The molecule has 29 heavy (non-hydrogen) atoms. The minimum atomic E-state index is -1.09. The normalized spacial score (nSPS) is 12.8. The van der Waals surface area contributed by atoms with Gasteiger partial charge in [-0.1, -0.05) is 18.2 Å². The summed E-state index contributed by atoms with van der Waals surface area (Å²) in [5.74, 6) is -1.46. The highest BCUT2D eigenvalue weighted by atomic mass is 19.1. The lowest BCUT2D eigenvalue weighted by Gasteiger charge is -2.14. The van der Waals surface area contributed by atoms with Crippen molar-refractivity contribution in [1.82, 2.24) is 9.97 Å². The average molecular weight is 395 g/mol. The number of carbonyl (C=O) groups excluding carboxylic acids is 1. The third-order valence-electron chi connectivity index (χ3n) is 4.25. The van der Waals surface area contributed by atoms with Gasteiger partial charge in [0.1, 0.15) is 11.6 Å². The van der Waals surface area contributed by atoms with Gasteiger partial charge in [0.25, 0.3) is 0 Å². The van der Waals surface area contributed by atoms with Gasteiger partial charge in [-0.25, -0.2) is 9.37 Å². The van der Waals surface area contributed by atoms with E-state index in [1.54, 1.807) is 24.3 Å². The maximum atomic E-state index is 13.7. The van der Waals surface area contributed by atoms with Crippen molar-refractivity contribution < 1.29 is 23.8 Å². The van der Waals surface area contributed by atoms with Gasteiger partial charge in [-0.15, -0.1) is 0 Å². The summed E-state index contributed by atoms with van der Waals surface area (Å²) in [6, 6.07) is 13.2. The van der Waals surface area contributed by atoms with Gasteiger partial charge >= 0.3 is 5.97 Å². The van der Waals surface area contributed by atoms with Crippen LogP contribution in [0.25, 0.3) is 16.6 Å². The topological polar surface area (TPSA) is 108 Å². The molecule has 0 saturated carbocycles. The van der Waals surface area contributed by atoms with Gasteiger partial charge in [-0.3, -0.25) is 4.79 Å². The van der Waals surface area contributed by atoms with Gasteiger partial charge < -0.3 is 19.6 Å². The Morgan fingerprint density at radius 1 is 1.34 bits per heavy atom. The fraction of sp³-hybridized carbons (Fsp3) is 0.190. The van der Waals surface area contributed by atoms with Crippen molar-refractivity contribution in [3.8, 4) is 11.8 Å². The van der Waals surface area contributed by atoms with Crippen molar-refractivity contribution in [2.45, 2.75) is 19.4 Å². The summed E-state index contributed by atoms with van der Waals surface area (Å²) in [5, 5.41) is 19.9. The number of ether oxygens (including phenoxy) is 2. The molecule has 8 heteroatoms. The average Bonchev–Trinajstić information content (AvgIpc) is 3.12. The van der Waals surface area contributed by atoms with E-state index in [-0.39, 0.29) is 23.6 Å². The molecule has 1 heterocycles. The molecule has 0 amide bonds. The smallest absolute Gasteiger partial charge is 0.310 e. The number of halogens is 1. The molecule has 148 valence electrons. The molecule has 0 aliphatic rings. The molecular formula is C21H18FN3O4. The summed E-state index contributed by atoms with van der Waals surface area (Å²) >= 11 is 0. The van der Waals surface area contributed by atoms with Crippen molar-refractivity contribution in [3.63, 3.8) is 0 Å². The van der Waals surface area contributed by atoms with E-state index < -0.39 is 23.6 Å². The first kappa shape index (κ1) is 19.9. The molecule has 0 aliphatic carbocycles. The number of methoxy groups -OCH3 is 1. The van der Waals surface area contributed by atoms with Crippen molar-refractivity contribution in [2.75, 3.05) is 7.11 Å². The highest BCUT2D eigenvalue weighted by Crippen LogP contribution is 2.22. The molecule has 1 aromatic heterocycles. The second-order valence-corrected chi connectivity index (χ2v) is 6.25. The quantitative estimate of drug-likeness (QED) is 0.374. The van der Waals surface area contributed by atoms with E-state index in [4.69, 9.17) is 9.47 Å². The first-order valence-electron chi connectivity index (χ1n) is 8.73. The number of nitrogens with one attached hydrogen (secondary N) is 1. The van der Waals surface area contributed by atoms with Crippen LogP contribution in [-0.2, 0) is 16.0 Å².